The number of phenolic OH excluding ortho intramolecular Hbond substituents is 1. The summed E-state index contributed by atoms with van der Waals surface area (Å²) in [5, 5.41) is 12.6. The van der Waals surface area contributed by atoms with Crippen LogP contribution in [0.1, 0.15) is 11.1 Å². The van der Waals surface area contributed by atoms with Gasteiger partial charge in [-0.3, -0.25) is 4.79 Å². The van der Waals surface area contributed by atoms with Crippen molar-refractivity contribution in [2.75, 3.05) is 0 Å². The maximum atomic E-state index is 12.0. The van der Waals surface area contributed by atoms with Gasteiger partial charge in [0.1, 0.15) is 5.75 Å². The molecular weight excluding hydrogens is 296 g/mol. The molecule has 22 heavy (non-hydrogen) atoms. The van der Waals surface area contributed by atoms with Crippen molar-refractivity contribution in [1.29, 1.82) is 0 Å². The molecule has 1 amide bonds. The number of phenols is 1. The van der Waals surface area contributed by atoms with E-state index in [4.69, 9.17) is 0 Å². The van der Waals surface area contributed by atoms with Crippen LogP contribution in [0.4, 0.5) is 5.69 Å². The van der Waals surface area contributed by atoms with Crippen molar-refractivity contribution in [3.8, 4) is 5.75 Å². The predicted molar refractivity (Wildman–Crippen MR) is 90.1 cm³/mol. The second kappa shape index (κ2) is 6.07. The van der Waals surface area contributed by atoms with E-state index in [1.807, 2.05) is 31.2 Å². The first-order valence-corrected chi connectivity index (χ1v) is 7.57. The van der Waals surface area contributed by atoms with Crippen molar-refractivity contribution in [3.63, 3.8) is 0 Å². The number of benzene rings is 2. The largest absolute Gasteiger partial charge is 0.508 e. The Balaban J connectivity index is 1.82. The average Bonchev–Trinajstić information content (AvgIpc) is 2.81. The Labute approximate surface area is 132 Å². The van der Waals surface area contributed by atoms with E-state index in [2.05, 4.69) is 10.3 Å². The van der Waals surface area contributed by atoms with E-state index in [1.54, 1.807) is 30.3 Å². The zero-order valence-electron chi connectivity index (χ0n) is 11.9. The minimum absolute atomic E-state index is 0.163. The third-order valence-corrected chi connectivity index (χ3v) is 3.98. The lowest BCUT2D eigenvalue weighted by Gasteiger charge is -1.97. The van der Waals surface area contributed by atoms with Crippen LogP contribution in [-0.2, 0) is 4.79 Å². The average molecular weight is 310 g/mol. The fraction of sp³-hybridized carbons (Fsp3) is 0.0588. The Bertz CT molecular complexity index is 780. The Morgan fingerprint density at radius 1 is 1.18 bits per heavy atom. The Morgan fingerprint density at radius 3 is 2.68 bits per heavy atom. The van der Waals surface area contributed by atoms with Crippen LogP contribution in [-0.4, -0.2) is 16.2 Å². The fourth-order valence-electron chi connectivity index (χ4n) is 2.02. The van der Waals surface area contributed by atoms with E-state index < -0.39 is 0 Å². The van der Waals surface area contributed by atoms with Crippen molar-refractivity contribution in [1.82, 2.24) is 5.32 Å². The van der Waals surface area contributed by atoms with Crippen molar-refractivity contribution in [2.45, 2.75) is 6.92 Å². The summed E-state index contributed by atoms with van der Waals surface area (Å²) < 4.78 is 0. The summed E-state index contributed by atoms with van der Waals surface area (Å²) in [4.78, 5) is 17.0. The monoisotopic (exact) mass is 310 g/mol. The Morgan fingerprint density at radius 2 is 1.95 bits per heavy atom. The van der Waals surface area contributed by atoms with E-state index in [9.17, 15) is 9.90 Å². The molecule has 0 aliphatic carbocycles. The van der Waals surface area contributed by atoms with Crippen LogP contribution < -0.4 is 5.32 Å². The van der Waals surface area contributed by atoms with Crippen molar-refractivity contribution < 1.29 is 9.90 Å². The van der Waals surface area contributed by atoms with Crippen LogP contribution in [0, 0.1) is 6.92 Å². The van der Waals surface area contributed by atoms with Crippen molar-refractivity contribution >= 4 is 34.6 Å². The first-order chi connectivity index (χ1) is 10.6. The van der Waals surface area contributed by atoms with Gasteiger partial charge in [-0.2, -0.15) is 0 Å². The molecule has 0 unspecified atom stereocenters. The number of aryl methyl sites for hydroxylation is 1. The van der Waals surface area contributed by atoms with E-state index in [0.29, 0.717) is 10.1 Å². The van der Waals surface area contributed by atoms with Crippen LogP contribution >= 0.6 is 11.8 Å². The van der Waals surface area contributed by atoms with Gasteiger partial charge in [0.25, 0.3) is 5.91 Å². The SMILES string of the molecule is Cc1cccc(N=C2NC(=O)/C(=C/c3ccc(O)cc3)S2)c1. The molecule has 0 atom stereocenters. The third-order valence-electron chi connectivity index (χ3n) is 3.07. The van der Waals surface area contributed by atoms with E-state index in [0.717, 1.165) is 16.8 Å². The van der Waals surface area contributed by atoms with Crippen LogP contribution in [0.15, 0.2) is 58.4 Å². The lowest BCUT2D eigenvalue weighted by molar-refractivity contribution is -0.115. The smallest absolute Gasteiger partial charge is 0.264 e. The van der Waals surface area contributed by atoms with Crippen LogP contribution in [0.25, 0.3) is 6.08 Å². The standard InChI is InChI=1S/C17H14N2O2S/c1-11-3-2-4-13(9-11)18-17-19-16(21)15(22-17)10-12-5-7-14(20)8-6-12/h2-10,20H,1H3,(H,18,19,21)/b15-10-. The molecule has 0 aromatic heterocycles. The third kappa shape index (κ3) is 3.38. The number of aromatic hydroxyl groups is 1. The summed E-state index contributed by atoms with van der Waals surface area (Å²) in [5.41, 5.74) is 2.79. The summed E-state index contributed by atoms with van der Waals surface area (Å²) in [6, 6.07) is 14.5. The number of thioether (sulfide) groups is 1. The van der Waals surface area contributed by atoms with Gasteiger partial charge in [0.15, 0.2) is 5.17 Å². The molecule has 0 radical (unpaired) electrons. The van der Waals surface area contributed by atoms with Gasteiger partial charge < -0.3 is 10.4 Å². The number of nitrogens with one attached hydrogen (secondary N) is 1. The summed E-state index contributed by atoms with van der Waals surface area (Å²) >= 11 is 1.31. The first-order valence-electron chi connectivity index (χ1n) is 6.75. The minimum Gasteiger partial charge on any atom is -0.508 e. The van der Waals surface area contributed by atoms with Gasteiger partial charge in [-0.1, -0.05) is 24.3 Å². The molecule has 0 saturated carbocycles. The molecule has 5 heteroatoms. The van der Waals surface area contributed by atoms with Crippen molar-refractivity contribution in [3.05, 3.63) is 64.6 Å². The second-order valence-electron chi connectivity index (χ2n) is 4.91. The molecule has 1 saturated heterocycles. The zero-order valence-corrected chi connectivity index (χ0v) is 12.7. The molecule has 1 aliphatic rings. The van der Waals surface area contributed by atoms with Gasteiger partial charge in [-0.15, -0.1) is 0 Å². The normalized spacial score (nSPS) is 18.0. The van der Waals surface area contributed by atoms with Crippen LogP contribution in [0.3, 0.4) is 0 Å². The molecule has 1 heterocycles. The number of rotatable bonds is 2. The molecule has 110 valence electrons. The van der Waals surface area contributed by atoms with Gasteiger partial charge in [-0.05, 0) is 60.2 Å². The summed E-state index contributed by atoms with van der Waals surface area (Å²) in [6.45, 7) is 2.00. The first kappa shape index (κ1) is 14.4. The van der Waals surface area contributed by atoms with E-state index in [-0.39, 0.29) is 11.7 Å². The highest BCUT2D eigenvalue weighted by Crippen LogP contribution is 2.28. The molecule has 1 fully saturated rings. The van der Waals surface area contributed by atoms with Gasteiger partial charge in [0, 0.05) is 0 Å². The quantitative estimate of drug-likeness (QED) is 0.833. The summed E-state index contributed by atoms with van der Waals surface area (Å²) in [5.74, 6) is 0.0388. The Hall–Kier alpha value is -2.53. The molecule has 2 aromatic rings. The molecule has 3 rings (SSSR count). The predicted octanol–water partition coefficient (Wildman–Crippen LogP) is 3.59. The molecule has 2 aromatic carbocycles. The number of hydrogen-bond donors (Lipinski definition) is 2. The molecule has 1 aliphatic heterocycles. The highest BCUT2D eigenvalue weighted by atomic mass is 32.2. The lowest BCUT2D eigenvalue weighted by atomic mass is 10.2. The van der Waals surface area contributed by atoms with Gasteiger partial charge in [0.2, 0.25) is 0 Å². The topological polar surface area (TPSA) is 61.7 Å². The van der Waals surface area contributed by atoms with Crippen molar-refractivity contribution in [2.24, 2.45) is 4.99 Å². The maximum absolute atomic E-state index is 12.0. The molecular formula is C17H14N2O2S. The molecule has 2 N–H and O–H groups in total. The van der Waals surface area contributed by atoms with Gasteiger partial charge >= 0.3 is 0 Å². The van der Waals surface area contributed by atoms with Gasteiger partial charge in [-0.25, -0.2) is 4.99 Å². The van der Waals surface area contributed by atoms with E-state index in [1.165, 1.54) is 11.8 Å². The number of amides is 1. The molecule has 4 nitrogen and oxygen atoms in total. The number of aliphatic imine (C=N–C) groups is 1. The van der Waals surface area contributed by atoms with Gasteiger partial charge in [0.05, 0.1) is 10.6 Å². The molecule has 0 spiro atoms. The fourth-order valence-corrected chi connectivity index (χ4v) is 2.86. The highest BCUT2D eigenvalue weighted by Gasteiger charge is 2.23. The number of amidine groups is 1. The van der Waals surface area contributed by atoms with E-state index >= 15 is 0 Å². The zero-order chi connectivity index (χ0) is 15.5. The van der Waals surface area contributed by atoms with Crippen LogP contribution in [0.2, 0.25) is 0 Å². The maximum Gasteiger partial charge on any atom is 0.264 e. The summed E-state index contributed by atoms with van der Waals surface area (Å²) in [7, 11) is 0. The number of carbonyl (C=O) groups is 1. The highest BCUT2D eigenvalue weighted by molar-refractivity contribution is 8.18. The summed E-state index contributed by atoms with van der Waals surface area (Å²) in [6.07, 6.45) is 1.78. The minimum atomic E-state index is -0.163. The number of nitrogens with zero attached hydrogens (tertiary/aromatic N) is 1. The van der Waals surface area contributed by atoms with Crippen LogP contribution in [0.5, 0.6) is 5.75 Å². The number of carbonyl (C=O) groups excluding carboxylic acids is 1. The second-order valence-corrected chi connectivity index (χ2v) is 5.94. The Kier molecular flexibility index (Phi) is 3.98. The lowest BCUT2D eigenvalue weighted by Crippen LogP contribution is -2.19. The number of hydrogen-bond acceptors (Lipinski definition) is 4. The molecule has 0 bridgehead atoms.